The molecule has 0 aromatic heterocycles. The summed E-state index contributed by atoms with van der Waals surface area (Å²) in [4.78, 5) is 38.7. The number of nitrogens with zero attached hydrogens (tertiary/aromatic N) is 1. The van der Waals surface area contributed by atoms with Gasteiger partial charge in [0.15, 0.2) is 18.2 Å². The standard InChI is InChI=1S/C22H25NO5/c1-14-15(2)22(26)19(16(3)21(14)25)12-17-4-6-18(7-5-17)28-13-20(24)23-8-10-27-11-9-23/h4-7H,8-13H2,1-3H3. The number of carbonyl (C=O) groups excluding carboxylic acids is 3. The average molecular weight is 383 g/mol. The highest BCUT2D eigenvalue weighted by molar-refractivity contribution is 6.24. The number of rotatable bonds is 5. The molecule has 148 valence electrons. The van der Waals surface area contributed by atoms with Crippen molar-refractivity contribution in [2.75, 3.05) is 32.9 Å². The molecule has 0 bridgehead atoms. The Balaban J connectivity index is 1.61. The molecule has 3 rings (SSSR count). The van der Waals surface area contributed by atoms with Gasteiger partial charge in [0.05, 0.1) is 13.2 Å². The zero-order chi connectivity index (χ0) is 20.3. The summed E-state index contributed by atoms with van der Waals surface area (Å²) < 4.78 is 10.8. The first kappa shape index (κ1) is 20.0. The van der Waals surface area contributed by atoms with Gasteiger partial charge in [-0.1, -0.05) is 12.1 Å². The molecule has 1 fully saturated rings. The number of Topliss-reactive ketones (excluding diaryl/α,β-unsaturated/α-hetero) is 2. The molecule has 0 unspecified atom stereocenters. The lowest BCUT2D eigenvalue weighted by Crippen LogP contribution is -2.42. The van der Waals surface area contributed by atoms with Gasteiger partial charge in [-0.3, -0.25) is 14.4 Å². The third kappa shape index (κ3) is 4.22. The Morgan fingerprint density at radius 3 is 2.21 bits per heavy atom. The lowest BCUT2D eigenvalue weighted by molar-refractivity contribution is -0.137. The fourth-order valence-electron chi connectivity index (χ4n) is 3.33. The number of ketones is 2. The first-order chi connectivity index (χ1) is 13.4. The Morgan fingerprint density at radius 2 is 1.57 bits per heavy atom. The third-order valence-corrected chi connectivity index (χ3v) is 5.34. The van der Waals surface area contributed by atoms with Gasteiger partial charge in [-0.2, -0.15) is 0 Å². The van der Waals surface area contributed by atoms with Crippen molar-refractivity contribution < 1.29 is 23.9 Å². The normalized spacial score (nSPS) is 18.0. The second kappa shape index (κ2) is 8.52. The van der Waals surface area contributed by atoms with E-state index in [-0.39, 0.29) is 24.1 Å². The summed E-state index contributed by atoms with van der Waals surface area (Å²) in [6, 6.07) is 7.27. The van der Waals surface area contributed by atoms with E-state index in [9.17, 15) is 14.4 Å². The van der Waals surface area contributed by atoms with Crippen molar-refractivity contribution in [3.63, 3.8) is 0 Å². The molecule has 1 aliphatic carbocycles. The van der Waals surface area contributed by atoms with E-state index in [1.807, 2.05) is 12.1 Å². The number of benzene rings is 1. The number of amides is 1. The summed E-state index contributed by atoms with van der Waals surface area (Å²) in [5.74, 6) is 0.408. The highest BCUT2D eigenvalue weighted by Gasteiger charge is 2.27. The van der Waals surface area contributed by atoms with Gasteiger partial charge < -0.3 is 14.4 Å². The molecule has 2 aliphatic rings. The molecule has 6 heteroatoms. The van der Waals surface area contributed by atoms with Crippen molar-refractivity contribution >= 4 is 17.5 Å². The van der Waals surface area contributed by atoms with Gasteiger partial charge in [0, 0.05) is 41.8 Å². The molecule has 1 aromatic carbocycles. The Morgan fingerprint density at radius 1 is 0.964 bits per heavy atom. The lowest BCUT2D eigenvalue weighted by Gasteiger charge is -2.26. The van der Waals surface area contributed by atoms with Gasteiger partial charge in [-0.05, 0) is 38.5 Å². The summed E-state index contributed by atoms with van der Waals surface area (Å²) in [6.07, 6.45) is 0.397. The van der Waals surface area contributed by atoms with E-state index in [1.165, 1.54) is 0 Å². The summed E-state index contributed by atoms with van der Waals surface area (Å²) in [6.45, 7) is 7.40. The Bertz CT molecular complexity index is 857. The Labute approximate surface area is 164 Å². The summed E-state index contributed by atoms with van der Waals surface area (Å²) >= 11 is 0. The van der Waals surface area contributed by atoms with Crippen molar-refractivity contribution in [1.29, 1.82) is 0 Å². The molecule has 28 heavy (non-hydrogen) atoms. The maximum Gasteiger partial charge on any atom is 0.260 e. The van der Waals surface area contributed by atoms with E-state index >= 15 is 0 Å². The highest BCUT2D eigenvalue weighted by atomic mass is 16.5. The van der Waals surface area contributed by atoms with Gasteiger partial charge in [0.1, 0.15) is 5.75 Å². The van der Waals surface area contributed by atoms with Crippen LogP contribution in [-0.4, -0.2) is 55.3 Å². The molecule has 1 aliphatic heterocycles. The van der Waals surface area contributed by atoms with Crippen LogP contribution in [0.1, 0.15) is 26.3 Å². The lowest BCUT2D eigenvalue weighted by atomic mass is 9.83. The minimum absolute atomic E-state index is 0.0140. The van der Waals surface area contributed by atoms with Crippen molar-refractivity contribution in [3.05, 3.63) is 52.1 Å². The highest BCUT2D eigenvalue weighted by Crippen LogP contribution is 2.27. The van der Waals surface area contributed by atoms with Crippen LogP contribution in [0, 0.1) is 0 Å². The van der Waals surface area contributed by atoms with Crippen LogP contribution in [0.4, 0.5) is 0 Å². The number of hydrogen-bond donors (Lipinski definition) is 0. The third-order valence-electron chi connectivity index (χ3n) is 5.34. The molecule has 1 amide bonds. The van der Waals surface area contributed by atoms with E-state index in [4.69, 9.17) is 9.47 Å². The molecule has 0 radical (unpaired) electrons. The number of ether oxygens (including phenoxy) is 2. The maximum absolute atomic E-state index is 12.5. The fourth-order valence-corrected chi connectivity index (χ4v) is 3.33. The van der Waals surface area contributed by atoms with Crippen LogP contribution in [0.3, 0.4) is 0 Å². The predicted molar refractivity (Wildman–Crippen MR) is 104 cm³/mol. The van der Waals surface area contributed by atoms with Gasteiger partial charge in [0.25, 0.3) is 5.91 Å². The molecular formula is C22H25NO5. The van der Waals surface area contributed by atoms with Gasteiger partial charge in [0.2, 0.25) is 0 Å². The fraction of sp³-hybridized carbons (Fsp3) is 0.409. The molecule has 0 spiro atoms. The van der Waals surface area contributed by atoms with Crippen LogP contribution >= 0.6 is 0 Å². The van der Waals surface area contributed by atoms with E-state index in [0.717, 1.165) is 5.56 Å². The SMILES string of the molecule is CC1=C(C)C(=O)C(Cc2ccc(OCC(=O)N3CCOCC3)cc2)=C(C)C1=O. The first-order valence-corrected chi connectivity index (χ1v) is 9.42. The van der Waals surface area contributed by atoms with Crippen molar-refractivity contribution in [2.24, 2.45) is 0 Å². The second-order valence-electron chi connectivity index (χ2n) is 7.11. The number of carbonyl (C=O) groups is 3. The van der Waals surface area contributed by atoms with Crippen LogP contribution in [0.15, 0.2) is 46.6 Å². The van der Waals surface area contributed by atoms with E-state index < -0.39 is 0 Å². The molecule has 0 saturated carbocycles. The number of hydrogen-bond acceptors (Lipinski definition) is 5. The second-order valence-corrected chi connectivity index (χ2v) is 7.11. The monoisotopic (exact) mass is 383 g/mol. The Kier molecular flexibility index (Phi) is 6.09. The van der Waals surface area contributed by atoms with Crippen LogP contribution in [0.2, 0.25) is 0 Å². The largest absolute Gasteiger partial charge is 0.484 e. The van der Waals surface area contributed by atoms with Gasteiger partial charge >= 0.3 is 0 Å². The van der Waals surface area contributed by atoms with Crippen LogP contribution in [0.25, 0.3) is 0 Å². The summed E-state index contributed by atoms with van der Waals surface area (Å²) in [7, 11) is 0. The van der Waals surface area contributed by atoms with E-state index in [0.29, 0.717) is 60.8 Å². The van der Waals surface area contributed by atoms with Crippen molar-refractivity contribution in [2.45, 2.75) is 27.2 Å². The number of allylic oxidation sites excluding steroid dienone is 4. The quantitative estimate of drug-likeness (QED) is 0.730. The topological polar surface area (TPSA) is 72.9 Å². The van der Waals surface area contributed by atoms with E-state index in [2.05, 4.69) is 0 Å². The first-order valence-electron chi connectivity index (χ1n) is 9.42. The smallest absolute Gasteiger partial charge is 0.260 e. The Hall–Kier alpha value is -2.73. The molecule has 0 atom stereocenters. The van der Waals surface area contributed by atoms with Gasteiger partial charge in [-0.25, -0.2) is 0 Å². The minimum atomic E-state index is -0.0639. The molecule has 1 saturated heterocycles. The van der Waals surface area contributed by atoms with Crippen LogP contribution in [0.5, 0.6) is 5.75 Å². The number of morpholine rings is 1. The molecule has 1 aromatic rings. The molecule has 6 nitrogen and oxygen atoms in total. The average Bonchev–Trinajstić information content (AvgIpc) is 2.73. The summed E-state index contributed by atoms with van der Waals surface area (Å²) in [5, 5.41) is 0. The predicted octanol–water partition coefficient (Wildman–Crippen LogP) is 2.27. The maximum atomic E-state index is 12.5. The van der Waals surface area contributed by atoms with E-state index in [1.54, 1.807) is 37.8 Å². The molecule has 0 N–H and O–H groups in total. The zero-order valence-corrected chi connectivity index (χ0v) is 16.5. The molecular weight excluding hydrogens is 358 g/mol. The van der Waals surface area contributed by atoms with Crippen molar-refractivity contribution in [1.82, 2.24) is 4.90 Å². The van der Waals surface area contributed by atoms with Crippen LogP contribution < -0.4 is 4.74 Å². The summed E-state index contributed by atoms with van der Waals surface area (Å²) in [5.41, 5.74) is 3.02. The van der Waals surface area contributed by atoms with Crippen molar-refractivity contribution in [3.8, 4) is 5.75 Å². The zero-order valence-electron chi connectivity index (χ0n) is 16.5. The molecule has 1 heterocycles. The van der Waals surface area contributed by atoms with Gasteiger partial charge in [-0.15, -0.1) is 0 Å². The minimum Gasteiger partial charge on any atom is -0.484 e. The van der Waals surface area contributed by atoms with Crippen LogP contribution in [-0.2, 0) is 25.5 Å².